The summed E-state index contributed by atoms with van der Waals surface area (Å²) in [6.07, 6.45) is 7.40. The minimum absolute atomic E-state index is 0.776. The minimum Gasteiger partial charge on any atom is -0.330 e. The van der Waals surface area contributed by atoms with Gasteiger partial charge in [-0.15, -0.1) is 0 Å². The SMILES string of the molecule is NCCCCc1cnn(Cc2ccccc2)c1. The van der Waals surface area contributed by atoms with Gasteiger partial charge in [0.1, 0.15) is 0 Å². The molecule has 2 N–H and O–H groups in total. The smallest absolute Gasteiger partial charge is 0.0659 e. The lowest BCUT2D eigenvalue weighted by molar-refractivity contribution is 0.684. The van der Waals surface area contributed by atoms with E-state index in [1.165, 1.54) is 11.1 Å². The molecular weight excluding hydrogens is 210 g/mol. The molecule has 90 valence electrons. The van der Waals surface area contributed by atoms with Gasteiger partial charge in [-0.05, 0) is 36.9 Å². The van der Waals surface area contributed by atoms with Crippen molar-refractivity contribution < 1.29 is 0 Å². The Hall–Kier alpha value is -1.61. The quantitative estimate of drug-likeness (QED) is 0.772. The molecule has 0 spiro atoms. The predicted molar refractivity (Wildman–Crippen MR) is 69.8 cm³/mol. The molecule has 1 aromatic heterocycles. The molecule has 0 unspecified atom stereocenters. The maximum atomic E-state index is 5.48. The van der Waals surface area contributed by atoms with Crippen LogP contribution in [-0.2, 0) is 13.0 Å². The van der Waals surface area contributed by atoms with E-state index in [4.69, 9.17) is 5.73 Å². The van der Waals surface area contributed by atoms with Crippen molar-refractivity contribution >= 4 is 0 Å². The molecule has 0 radical (unpaired) electrons. The zero-order valence-electron chi connectivity index (χ0n) is 10.0. The van der Waals surface area contributed by atoms with Gasteiger partial charge < -0.3 is 5.73 Å². The van der Waals surface area contributed by atoms with Crippen LogP contribution in [0.2, 0.25) is 0 Å². The molecule has 0 aliphatic heterocycles. The molecule has 0 atom stereocenters. The number of nitrogens with zero attached hydrogens (tertiary/aromatic N) is 2. The van der Waals surface area contributed by atoms with E-state index in [0.29, 0.717) is 0 Å². The van der Waals surface area contributed by atoms with Crippen LogP contribution in [0.3, 0.4) is 0 Å². The van der Waals surface area contributed by atoms with Crippen molar-refractivity contribution in [3.63, 3.8) is 0 Å². The van der Waals surface area contributed by atoms with Crippen molar-refractivity contribution in [3.8, 4) is 0 Å². The van der Waals surface area contributed by atoms with E-state index < -0.39 is 0 Å². The molecule has 0 amide bonds. The lowest BCUT2D eigenvalue weighted by Gasteiger charge is -2.00. The number of hydrogen-bond acceptors (Lipinski definition) is 2. The highest BCUT2D eigenvalue weighted by atomic mass is 15.3. The minimum atomic E-state index is 0.776. The second-order valence-electron chi connectivity index (χ2n) is 4.28. The molecule has 2 rings (SSSR count). The first kappa shape index (κ1) is 11.9. The van der Waals surface area contributed by atoms with E-state index in [-0.39, 0.29) is 0 Å². The summed E-state index contributed by atoms with van der Waals surface area (Å²) in [5.41, 5.74) is 8.06. The van der Waals surface area contributed by atoms with E-state index in [9.17, 15) is 0 Å². The summed E-state index contributed by atoms with van der Waals surface area (Å²) in [7, 11) is 0. The van der Waals surface area contributed by atoms with E-state index >= 15 is 0 Å². The van der Waals surface area contributed by atoms with E-state index in [2.05, 4.69) is 35.6 Å². The lowest BCUT2D eigenvalue weighted by Crippen LogP contribution is -2.00. The van der Waals surface area contributed by atoms with E-state index in [1.54, 1.807) is 0 Å². The molecule has 0 fully saturated rings. The lowest BCUT2D eigenvalue weighted by atomic mass is 10.1. The molecule has 2 aromatic rings. The van der Waals surface area contributed by atoms with Crippen molar-refractivity contribution in [1.82, 2.24) is 9.78 Å². The molecule has 3 heteroatoms. The van der Waals surface area contributed by atoms with Crippen LogP contribution in [0.25, 0.3) is 0 Å². The summed E-state index contributed by atoms with van der Waals surface area (Å²) in [5, 5.41) is 4.38. The van der Waals surface area contributed by atoms with Crippen LogP contribution in [0.1, 0.15) is 24.0 Å². The molecular formula is C14H19N3. The summed E-state index contributed by atoms with van der Waals surface area (Å²) in [6.45, 7) is 1.62. The highest BCUT2D eigenvalue weighted by Gasteiger charge is 1.99. The van der Waals surface area contributed by atoms with Gasteiger partial charge in [0.2, 0.25) is 0 Å². The first-order valence-corrected chi connectivity index (χ1v) is 6.14. The average Bonchev–Trinajstić information content (AvgIpc) is 2.79. The van der Waals surface area contributed by atoms with Crippen LogP contribution in [0.4, 0.5) is 0 Å². The van der Waals surface area contributed by atoms with Crippen LogP contribution < -0.4 is 5.73 Å². The van der Waals surface area contributed by atoms with Gasteiger partial charge >= 0.3 is 0 Å². The highest BCUT2D eigenvalue weighted by molar-refractivity contribution is 5.15. The Morgan fingerprint density at radius 3 is 2.65 bits per heavy atom. The third kappa shape index (κ3) is 3.71. The van der Waals surface area contributed by atoms with Gasteiger partial charge in [-0.1, -0.05) is 30.3 Å². The second-order valence-corrected chi connectivity index (χ2v) is 4.28. The monoisotopic (exact) mass is 229 g/mol. The standard InChI is InChI=1S/C14H19N3/c15-9-5-4-8-14-10-16-17(12-14)11-13-6-2-1-3-7-13/h1-3,6-7,10,12H,4-5,8-9,11,15H2. The molecule has 17 heavy (non-hydrogen) atoms. The van der Waals surface area contributed by atoms with Gasteiger partial charge in [-0.25, -0.2) is 0 Å². The predicted octanol–water partition coefficient (Wildman–Crippen LogP) is 2.21. The number of aryl methyl sites for hydroxylation is 1. The molecule has 0 aliphatic rings. The third-order valence-corrected chi connectivity index (χ3v) is 2.79. The van der Waals surface area contributed by atoms with Gasteiger partial charge in [-0.2, -0.15) is 5.10 Å². The zero-order chi connectivity index (χ0) is 11.9. The maximum Gasteiger partial charge on any atom is 0.0659 e. The molecule has 0 saturated carbocycles. The van der Waals surface area contributed by atoms with Gasteiger partial charge in [0.15, 0.2) is 0 Å². The first-order valence-electron chi connectivity index (χ1n) is 6.14. The Morgan fingerprint density at radius 2 is 1.88 bits per heavy atom. The first-order chi connectivity index (χ1) is 8.38. The highest BCUT2D eigenvalue weighted by Crippen LogP contribution is 2.06. The van der Waals surface area contributed by atoms with Gasteiger partial charge in [0.25, 0.3) is 0 Å². The fourth-order valence-electron chi connectivity index (χ4n) is 1.87. The summed E-state index contributed by atoms with van der Waals surface area (Å²) in [6, 6.07) is 10.4. The number of hydrogen-bond donors (Lipinski definition) is 1. The molecule has 0 saturated heterocycles. The molecule has 1 aromatic carbocycles. The van der Waals surface area contributed by atoms with Crippen molar-refractivity contribution in [2.45, 2.75) is 25.8 Å². The topological polar surface area (TPSA) is 43.8 Å². The number of rotatable bonds is 6. The number of aromatic nitrogens is 2. The number of nitrogens with two attached hydrogens (primary N) is 1. The van der Waals surface area contributed by atoms with E-state index in [0.717, 1.165) is 32.4 Å². The van der Waals surface area contributed by atoms with Crippen molar-refractivity contribution in [2.75, 3.05) is 6.54 Å². The Kier molecular flexibility index (Phi) is 4.33. The van der Waals surface area contributed by atoms with Crippen molar-refractivity contribution in [1.29, 1.82) is 0 Å². The molecule has 3 nitrogen and oxygen atoms in total. The summed E-state index contributed by atoms with van der Waals surface area (Å²) in [4.78, 5) is 0. The summed E-state index contributed by atoms with van der Waals surface area (Å²) in [5.74, 6) is 0. The fourth-order valence-corrected chi connectivity index (χ4v) is 1.87. The fraction of sp³-hybridized carbons (Fsp3) is 0.357. The number of benzene rings is 1. The third-order valence-electron chi connectivity index (χ3n) is 2.79. The zero-order valence-corrected chi connectivity index (χ0v) is 10.0. The number of unbranched alkanes of at least 4 members (excludes halogenated alkanes) is 1. The average molecular weight is 229 g/mol. The summed E-state index contributed by atoms with van der Waals surface area (Å²) >= 11 is 0. The van der Waals surface area contributed by atoms with Crippen molar-refractivity contribution in [3.05, 3.63) is 53.9 Å². The van der Waals surface area contributed by atoms with Crippen LogP contribution in [-0.4, -0.2) is 16.3 Å². The molecule has 0 bridgehead atoms. The second kappa shape index (κ2) is 6.21. The Balaban J connectivity index is 1.90. The Bertz CT molecular complexity index is 434. The van der Waals surface area contributed by atoms with Gasteiger partial charge in [0, 0.05) is 6.20 Å². The van der Waals surface area contributed by atoms with Crippen LogP contribution in [0.15, 0.2) is 42.7 Å². The largest absolute Gasteiger partial charge is 0.330 e. The summed E-state index contributed by atoms with van der Waals surface area (Å²) < 4.78 is 1.99. The van der Waals surface area contributed by atoms with Crippen LogP contribution in [0, 0.1) is 0 Å². The molecule has 0 aliphatic carbocycles. The van der Waals surface area contributed by atoms with Crippen LogP contribution >= 0.6 is 0 Å². The van der Waals surface area contributed by atoms with Crippen LogP contribution in [0.5, 0.6) is 0 Å². The van der Waals surface area contributed by atoms with E-state index in [1.807, 2.05) is 16.9 Å². The normalized spacial score (nSPS) is 10.6. The Morgan fingerprint density at radius 1 is 1.06 bits per heavy atom. The van der Waals surface area contributed by atoms with Crippen molar-refractivity contribution in [2.24, 2.45) is 5.73 Å². The molecule has 1 heterocycles. The maximum absolute atomic E-state index is 5.48. The van der Waals surface area contributed by atoms with Gasteiger partial charge in [-0.3, -0.25) is 4.68 Å². The Labute approximate surface area is 102 Å². The van der Waals surface area contributed by atoms with Gasteiger partial charge in [0.05, 0.1) is 12.7 Å².